The van der Waals surface area contributed by atoms with Gasteiger partial charge in [-0.1, -0.05) is 5.21 Å². The number of hydrogen-bond acceptors (Lipinski definition) is 7. The van der Waals surface area contributed by atoms with Crippen LogP contribution in [0.25, 0.3) is 0 Å². The first-order chi connectivity index (χ1) is 11.2. The van der Waals surface area contributed by atoms with Crippen molar-refractivity contribution in [3.8, 4) is 0 Å². The zero-order chi connectivity index (χ0) is 17.9. The second kappa shape index (κ2) is 6.85. The van der Waals surface area contributed by atoms with E-state index in [9.17, 15) is 14.4 Å². The van der Waals surface area contributed by atoms with Gasteiger partial charge in [0.25, 0.3) is 0 Å². The Hall–Kier alpha value is -2.65. The molecule has 0 fully saturated rings. The van der Waals surface area contributed by atoms with E-state index in [1.54, 1.807) is 27.0 Å². The molecular weight excluding hydrogens is 318 g/mol. The number of hydrogen-bond donors (Lipinski definition) is 1. The van der Waals surface area contributed by atoms with Gasteiger partial charge in [-0.15, -0.1) is 5.10 Å². The van der Waals surface area contributed by atoms with Crippen molar-refractivity contribution in [1.29, 1.82) is 0 Å². The van der Waals surface area contributed by atoms with Gasteiger partial charge in [-0.2, -0.15) is 0 Å². The number of alkyl carbamates (subject to hydrolysis) is 1. The van der Waals surface area contributed by atoms with E-state index in [4.69, 9.17) is 9.47 Å². The van der Waals surface area contributed by atoms with Crippen molar-refractivity contribution in [2.24, 2.45) is 0 Å². The van der Waals surface area contributed by atoms with Gasteiger partial charge in [-0.3, -0.25) is 4.79 Å². The monoisotopic (exact) mass is 339 g/mol. The van der Waals surface area contributed by atoms with Gasteiger partial charge in [0.15, 0.2) is 0 Å². The highest BCUT2D eigenvalue weighted by atomic mass is 16.6. The molecule has 1 atom stereocenters. The highest BCUT2D eigenvalue weighted by Crippen LogP contribution is 2.12. The number of ether oxygens (including phenoxy) is 2. The number of nitrogens with one attached hydrogen (secondary N) is 1. The van der Waals surface area contributed by atoms with Gasteiger partial charge in [0.2, 0.25) is 5.91 Å². The number of nitrogens with zero attached hydrogens (tertiary/aromatic N) is 4. The number of rotatable bonds is 4. The summed E-state index contributed by atoms with van der Waals surface area (Å²) in [5.74, 6) is -0.890. The van der Waals surface area contributed by atoms with E-state index >= 15 is 0 Å². The molecule has 0 aromatic carbocycles. The first-order valence-electron chi connectivity index (χ1n) is 7.42. The van der Waals surface area contributed by atoms with Crippen molar-refractivity contribution in [3.63, 3.8) is 0 Å². The average molecular weight is 339 g/mol. The lowest BCUT2D eigenvalue weighted by atomic mass is 10.2. The molecule has 10 heteroatoms. The largest absolute Gasteiger partial charge is 0.467 e. The van der Waals surface area contributed by atoms with E-state index in [1.807, 2.05) is 0 Å². The Labute approximate surface area is 139 Å². The molecule has 0 radical (unpaired) electrons. The third kappa shape index (κ3) is 4.43. The maximum absolute atomic E-state index is 12.2. The average Bonchev–Trinajstić information content (AvgIpc) is 2.91. The van der Waals surface area contributed by atoms with Crippen molar-refractivity contribution in [2.75, 3.05) is 13.7 Å². The molecular formula is C14H21N5O5. The Kier molecular flexibility index (Phi) is 5.05. The van der Waals surface area contributed by atoms with Crippen LogP contribution in [0.4, 0.5) is 4.79 Å². The van der Waals surface area contributed by atoms with Gasteiger partial charge in [0, 0.05) is 0 Å². The summed E-state index contributed by atoms with van der Waals surface area (Å²) in [4.78, 5) is 37.4. The topological polar surface area (TPSA) is 116 Å². The Morgan fingerprint density at radius 2 is 2.08 bits per heavy atom. The first-order valence-corrected chi connectivity index (χ1v) is 7.42. The highest BCUT2D eigenvalue weighted by Gasteiger charge is 2.31. The molecule has 0 aliphatic carbocycles. The quantitative estimate of drug-likeness (QED) is 0.748. The maximum Gasteiger partial charge on any atom is 0.408 e. The standard InChI is InChI=1S/C14H21N5O5/c1-14(2,3)24-13(22)16-10(12(21)23-4)7-18-6-9-5-15-17-19(9)8-11(18)20/h5,10H,6-8H2,1-4H3,(H,16,22)/t10-/m0/s1. The normalized spacial score (nSPS) is 15.5. The van der Waals surface area contributed by atoms with Gasteiger partial charge >= 0.3 is 12.1 Å². The second-order valence-corrected chi connectivity index (χ2v) is 6.38. The molecule has 10 nitrogen and oxygen atoms in total. The third-order valence-corrected chi connectivity index (χ3v) is 3.27. The molecule has 1 aromatic heterocycles. The zero-order valence-electron chi connectivity index (χ0n) is 14.1. The number of amides is 2. The number of methoxy groups -OCH3 is 1. The first kappa shape index (κ1) is 17.7. The summed E-state index contributed by atoms with van der Waals surface area (Å²) in [5, 5.41) is 9.99. The summed E-state index contributed by atoms with van der Waals surface area (Å²) in [7, 11) is 1.21. The van der Waals surface area contributed by atoms with Gasteiger partial charge in [0.05, 0.1) is 32.1 Å². The van der Waals surface area contributed by atoms with Crippen molar-refractivity contribution in [2.45, 2.75) is 45.5 Å². The Bertz CT molecular complexity index is 636. The molecule has 0 saturated heterocycles. The summed E-state index contributed by atoms with van der Waals surface area (Å²) in [6.45, 7) is 5.38. The summed E-state index contributed by atoms with van der Waals surface area (Å²) in [5.41, 5.74) is 0.0413. The fourth-order valence-corrected chi connectivity index (χ4v) is 2.20. The zero-order valence-corrected chi connectivity index (χ0v) is 14.1. The van der Waals surface area contributed by atoms with Crippen LogP contribution in [0.3, 0.4) is 0 Å². The molecule has 24 heavy (non-hydrogen) atoms. The molecule has 132 valence electrons. The Balaban J connectivity index is 2.05. The third-order valence-electron chi connectivity index (χ3n) is 3.27. The van der Waals surface area contributed by atoms with E-state index in [-0.39, 0.29) is 25.5 Å². The van der Waals surface area contributed by atoms with Gasteiger partial charge in [-0.25, -0.2) is 14.3 Å². The molecule has 1 N–H and O–H groups in total. The molecule has 1 aromatic rings. The minimum absolute atomic E-state index is 0.0318. The molecule has 2 amide bonds. The summed E-state index contributed by atoms with van der Waals surface area (Å²) in [6, 6.07) is -1.03. The van der Waals surface area contributed by atoms with Crippen molar-refractivity contribution in [3.05, 3.63) is 11.9 Å². The fraction of sp³-hybridized carbons (Fsp3) is 0.643. The van der Waals surface area contributed by atoms with Crippen LogP contribution in [0.5, 0.6) is 0 Å². The predicted molar refractivity (Wildman–Crippen MR) is 80.6 cm³/mol. The lowest BCUT2D eigenvalue weighted by molar-refractivity contribution is -0.145. The van der Waals surface area contributed by atoms with E-state index in [1.165, 1.54) is 16.7 Å². The number of fused-ring (bicyclic) bond motifs is 1. The van der Waals surface area contributed by atoms with Crippen LogP contribution in [0.1, 0.15) is 26.5 Å². The van der Waals surface area contributed by atoms with Crippen molar-refractivity contribution < 1.29 is 23.9 Å². The van der Waals surface area contributed by atoms with Crippen LogP contribution in [-0.2, 0) is 32.2 Å². The molecule has 1 aliphatic rings. The highest BCUT2D eigenvalue weighted by molar-refractivity contribution is 5.83. The smallest absolute Gasteiger partial charge is 0.408 e. The van der Waals surface area contributed by atoms with Gasteiger partial charge in [-0.05, 0) is 20.8 Å². The molecule has 0 saturated carbocycles. The summed E-state index contributed by atoms with van der Waals surface area (Å²) >= 11 is 0. The number of aromatic nitrogens is 3. The molecule has 2 rings (SSSR count). The molecule has 2 heterocycles. The molecule has 0 bridgehead atoms. The molecule has 0 spiro atoms. The minimum Gasteiger partial charge on any atom is -0.467 e. The van der Waals surface area contributed by atoms with E-state index < -0.39 is 23.7 Å². The lowest BCUT2D eigenvalue weighted by Crippen LogP contribution is -2.52. The fourth-order valence-electron chi connectivity index (χ4n) is 2.20. The van der Waals surface area contributed by atoms with E-state index in [0.717, 1.165) is 5.69 Å². The Morgan fingerprint density at radius 1 is 1.38 bits per heavy atom. The van der Waals surface area contributed by atoms with Gasteiger partial charge in [0.1, 0.15) is 18.2 Å². The van der Waals surface area contributed by atoms with Gasteiger partial charge < -0.3 is 19.7 Å². The van der Waals surface area contributed by atoms with Crippen LogP contribution in [-0.4, -0.2) is 63.2 Å². The molecule has 0 unspecified atom stereocenters. The summed E-state index contributed by atoms with van der Waals surface area (Å²) in [6.07, 6.45) is 0.794. The summed E-state index contributed by atoms with van der Waals surface area (Å²) < 4.78 is 11.3. The van der Waals surface area contributed by atoms with Crippen LogP contribution < -0.4 is 5.32 Å². The van der Waals surface area contributed by atoms with Crippen LogP contribution in [0.15, 0.2) is 6.20 Å². The molecule has 1 aliphatic heterocycles. The van der Waals surface area contributed by atoms with Crippen LogP contribution in [0, 0.1) is 0 Å². The second-order valence-electron chi connectivity index (χ2n) is 6.38. The SMILES string of the molecule is COC(=O)[C@H](CN1Cc2cnnn2CC1=O)NC(=O)OC(C)(C)C. The minimum atomic E-state index is -1.03. The lowest BCUT2D eigenvalue weighted by Gasteiger charge is -2.30. The van der Waals surface area contributed by atoms with Crippen LogP contribution in [0.2, 0.25) is 0 Å². The van der Waals surface area contributed by atoms with E-state index in [2.05, 4.69) is 15.6 Å². The van der Waals surface area contributed by atoms with Crippen molar-refractivity contribution in [1.82, 2.24) is 25.2 Å². The van der Waals surface area contributed by atoms with E-state index in [0.29, 0.717) is 0 Å². The maximum atomic E-state index is 12.2. The van der Waals surface area contributed by atoms with Crippen molar-refractivity contribution >= 4 is 18.0 Å². The number of esters is 1. The predicted octanol–water partition coefficient (Wildman–Crippen LogP) is -0.313. The number of carbonyl (C=O) groups is 3. The Morgan fingerprint density at radius 3 is 2.71 bits per heavy atom. The number of carbonyl (C=O) groups excluding carboxylic acids is 3. The van der Waals surface area contributed by atoms with Crippen LogP contribution >= 0.6 is 0 Å².